The third-order valence-corrected chi connectivity index (χ3v) is 2.98. The van der Waals surface area contributed by atoms with Crippen molar-refractivity contribution in [1.29, 1.82) is 0 Å². The maximum atomic E-state index is 13.2. The monoisotopic (exact) mass is 307 g/mol. The van der Waals surface area contributed by atoms with Gasteiger partial charge in [0.15, 0.2) is 0 Å². The van der Waals surface area contributed by atoms with Gasteiger partial charge in [0.2, 0.25) is 0 Å². The number of nitrogens with one attached hydrogen (secondary N) is 1. The summed E-state index contributed by atoms with van der Waals surface area (Å²) >= 11 is 5.87. The van der Waals surface area contributed by atoms with Crippen LogP contribution < -0.4 is 5.32 Å². The number of halogens is 2. The number of carbonyl (C=O) groups excluding carboxylic acids is 1. The van der Waals surface area contributed by atoms with E-state index in [9.17, 15) is 14.0 Å². The molecule has 1 amide bonds. The molecule has 21 heavy (non-hydrogen) atoms. The Kier molecular flexibility index (Phi) is 4.23. The Bertz CT molecular complexity index is 711. The zero-order chi connectivity index (χ0) is 15.6. The Morgan fingerprint density at radius 2 is 1.90 bits per heavy atom. The third kappa shape index (κ3) is 3.58. The van der Waals surface area contributed by atoms with Crippen molar-refractivity contribution in [3.63, 3.8) is 0 Å². The van der Waals surface area contributed by atoms with Crippen LogP contribution in [-0.4, -0.2) is 17.0 Å². The standard InChI is InChI=1S/C15H11ClFNO3/c1-8-4-9(6-10(16)5-8)14(19)18-13-7-11(17)2-3-12(13)15(20)21/h2-7H,1H3,(H,18,19)(H,20,21). The molecule has 4 nitrogen and oxygen atoms in total. The van der Waals surface area contributed by atoms with Gasteiger partial charge in [0.1, 0.15) is 5.82 Å². The Morgan fingerprint density at radius 1 is 1.19 bits per heavy atom. The highest BCUT2D eigenvalue weighted by Crippen LogP contribution is 2.20. The van der Waals surface area contributed by atoms with Crippen LogP contribution in [0.1, 0.15) is 26.3 Å². The maximum absolute atomic E-state index is 13.2. The van der Waals surface area contributed by atoms with E-state index in [0.717, 1.165) is 23.8 Å². The van der Waals surface area contributed by atoms with E-state index in [0.29, 0.717) is 5.02 Å². The summed E-state index contributed by atoms with van der Waals surface area (Å²) in [7, 11) is 0. The molecule has 0 spiro atoms. The molecule has 0 unspecified atom stereocenters. The molecule has 0 radical (unpaired) electrons. The highest BCUT2D eigenvalue weighted by Gasteiger charge is 2.15. The van der Waals surface area contributed by atoms with E-state index in [1.807, 2.05) is 0 Å². The van der Waals surface area contributed by atoms with Gasteiger partial charge in [-0.15, -0.1) is 0 Å². The van der Waals surface area contributed by atoms with Gasteiger partial charge in [0, 0.05) is 10.6 Å². The van der Waals surface area contributed by atoms with E-state index in [1.54, 1.807) is 19.1 Å². The normalized spacial score (nSPS) is 10.2. The number of aryl methyl sites for hydroxylation is 1. The second-order valence-corrected chi connectivity index (χ2v) is 4.90. The zero-order valence-electron chi connectivity index (χ0n) is 11.0. The number of carboxylic acids is 1. The first-order valence-electron chi connectivity index (χ1n) is 5.98. The van der Waals surface area contributed by atoms with Gasteiger partial charge in [-0.2, -0.15) is 0 Å². The molecule has 0 atom stereocenters. The average Bonchev–Trinajstić information content (AvgIpc) is 2.37. The minimum atomic E-state index is -1.26. The van der Waals surface area contributed by atoms with Crippen LogP contribution in [0.15, 0.2) is 36.4 Å². The van der Waals surface area contributed by atoms with Gasteiger partial charge in [0.25, 0.3) is 5.91 Å². The molecule has 2 aromatic carbocycles. The molecule has 0 aromatic heterocycles. The van der Waals surface area contributed by atoms with Crippen LogP contribution >= 0.6 is 11.6 Å². The number of amides is 1. The van der Waals surface area contributed by atoms with Crippen LogP contribution in [0.4, 0.5) is 10.1 Å². The summed E-state index contributed by atoms with van der Waals surface area (Å²) in [5, 5.41) is 11.8. The number of hydrogen-bond acceptors (Lipinski definition) is 2. The topological polar surface area (TPSA) is 66.4 Å². The Labute approximate surface area is 125 Å². The van der Waals surface area contributed by atoms with Crippen molar-refractivity contribution >= 4 is 29.2 Å². The predicted octanol–water partition coefficient (Wildman–Crippen LogP) is 3.74. The summed E-state index contributed by atoms with van der Waals surface area (Å²) in [6.07, 6.45) is 0. The summed E-state index contributed by atoms with van der Waals surface area (Å²) in [5.41, 5.74) is 0.750. The highest BCUT2D eigenvalue weighted by molar-refractivity contribution is 6.31. The average molecular weight is 308 g/mol. The third-order valence-electron chi connectivity index (χ3n) is 2.76. The Morgan fingerprint density at radius 3 is 2.52 bits per heavy atom. The molecule has 2 rings (SSSR count). The smallest absolute Gasteiger partial charge is 0.337 e. The van der Waals surface area contributed by atoms with Crippen LogP contribution in [0.5, 0.6) is 0 Å². The fraction of sp³-hybridized carbons (Fsp3) is 0.0667. The van der Waals surface area contributed by atoms with E-state index in [1.165, 1.54) is 6.07 Å². The highest BCUT2D eigenvalue weighted by atomic mass is 35.5. The molecule has 0 aliphatic heterocycles. The minimum Gasteiger partial charge on any atom is -0.478 e. The lowest BCUT2D eigenvalue weighted by atomic mass is 10.1. The van der Waals surface area contributed by atoms with Crippen molar-refractivity contribution in [2.45, 2.75) is 6.92 Å². The summed E-state index contributed by atoms with van der Waals surface area (Å²) in [5.74, 6) is -2.46. The van der Waals surface area contributed by atoms with Crippen LogP contribution in [-0.2, 0) is 0 Å². The lowest BCUT2D eigenvalue weighted by Gasteiger charge is -2.09. The van der Waals surface area contributed by atoms with Crippen molar-refractivity contribution in [2.24, 2.45) is 0 Å². The van der Waals surface area contributed by atoms with Gasteiger partial charge in [0.05, 0.1) is 11.3 Å². The molecule has 0 saturated carbocycles. The molecule has 6 heteroatoms. The van der Waals surface area contributed by atoms with E-state index in [2.05, 4.69) is 5.32 Å². The first-order chi connectivity index (χ1) is 9.86. The van der Waals surface area contributed by atoms with E-state index < -0.39 is 17.7 Å². The van der Waals surface area contributed by atoms with Crippen molar-refractivity contribution in [1.82, 2.24) is 0 Å². The van der Waals surface area contributed by atoms with Gasteiger partial charge >= 0.3 is 5.97 Å². The van der Waals surface area contributed by atoms with Crippen LogP contribution in [0.3, 0.4) is 0 Å². The fourth-order valence-electron chi connectivity index (χ4n) is 1.87. The Hall–Kier alpha value is -2.40. The van der Waals surface area contributed by atoms with Crippen molar-refractivity contribution in [3.8, 4) is 0 Å². The summed E-state index contributed by atoms with van der Waals surface area (Å²) < 4.78 is 13.2. The molecule has 0 aliphatic rings. The largest absolute Gasteiger partial charge is 0.478 e. The minimum absolute atomic E-state index is 0.106. The molecular formula is C15H11ClFNO3. The summed E-state index contributed by atoms with van der Waals surface area (Å²) in [4.78, 5) is 23.2. The zero-order valence-corrected chi connectivity index (χ0v) is 11.7. The fourth-order valence-corrected chi connectivity index (χ4v) is 2.16. The van der Waals surface area contributed by atoms with E-state index >= 15 is 0 Å². The van der Waals surface area contributed by atoms with Crippen LogP contribution in [0, 0.1) is 12.7 Å². The quantitative estimate of drug-likeness (QED) is 0.907. The predicted molar refractivity (Wildman–Crippen MR) is 77.5 cm³/mol. The number of aromatic carboxylic acids is 1. The molecule has 0 heterocycles. The molecule has 2 N–H and O–H groups in total. The first kappa shape index (κ1) is 15.0. The summed E-state index contributed by atoms with van der Waals surface area (Å²) in [6, 6.07) is 7.80. The van der Waals surface area contributed by atoms with Crippen molar-refractivity contribution in [3.05, 3.63) is 63.9 Å². The number of hydrogen-bond donors (Lipinski definition) is 2. The second kappa shape index (κ2) is 5.93. The number of carbonyl (C=O) groups is 2. The van der Waals surface area contributed by atoms with E-state index in [4.69, 9.17) is 16.7 Å². The van der Waals surface area contributed by atoms with Crippen LogP contribution in [0.25, 0.3) is 0 Å². The maximum Gasteiger partial charge on any atom is 0.337 e. The molecule has 0 bridgehead atoms. The molecule has 0 aliphatic carbocycles. The SMILES string of the molecule is Cc1cc(Cl)cc(C(=O)Nc2cc(F)ccc2C(=O)O)c1. The van der Waals surface area contributed by atoms with E-state index in [-0.39, 0.29) is 16.8 Å². The molecule has 108 valence electrons. The molecule has 2 aromatic rings. The molecular weight excluding hydrogens is 297 g/mol. The van der Waals surface area contributed by atoms with Crippen LogP contribution in [0.2, 0.25) is 5.02 Å². The van der Waals surface area contributed by atoms with Gasteiger partial charge in [-0.1, -0.05) is 11.6 Å². The molecule has 0 saturated heterocycles. The van der Waals surface area contributed by atoms with Gasteiger partial charge in [-0.05, 0) is 48.9 Å². The van der Waals surface area contributed by atoms with Gasteiger partial charge in [-0.3, -0.25) is 4.79 Å². The van der Waals surface area contributed by atoms with Crippen molar-refractivity contribution in [2.75, 3.05) is 5.32 Å². The van der Waals surface area contributed by atoms with Gasteiger partial charge < -0.3 is 10.4 Å². The lowest BCUT2D eigenvalue weighted by molar-refractivity contribution is 0.0698. The first-order valence-corrected chi connectivity index (χ1v) is 6.36. The molecule has 0 fully saturated rings. The number of rotatable bonds is 3. The number of carboxylic acid groups (broad SMARTS) is 1. The van der Waals surface area contributed by atoms with Crippen molar-refractivity contribution < 1.29 is 19.1 Å². The second-order valence-electron chi connectivity index (χ2n) is 4.47. The summed E-state index contributed by atoms with van der Waals surface area (Å²) in [6.45, 7) is 1.77. The number of anilines is 1. The Balaban J connectivity index is 2.35. The lowest BCUT2D eigenvalue weighted by Crippen LogP contribution is -2.15. The number of benzene rings is 2. The van der Waals surface area contributed by atoms with Gasteiger partial charge in [-0.25, -0.2) is 9.18 Å².